The van der Waals surface area contributed by atoms with Crippen molar-refractivity contribution in [3.63, 3.8) is 0 Å². The third kappa shape index (κ3) is 4.48. The van der Waals surface area contributed by atoms with Crippen molar-refractivity contribution in [1.29, 1.82) is 0 Å². The second kappa shape index (κ2) is 9.12. The number of rotatable bonds is 4. The Hall–Kier alpha value is -2.48. The van der Waals surface area contributed by atoms with E-state index in [1.807, 2.05) is 0 Å². The average molecular weight is 416 g/mol. The predicted octanol–water partition coefficient (Wildman–Crippen LogP) is 1.24. The van der Waals surface area contributed by atoms with E-state index in [1.165, 1.54) is 31.0 Å². The van der Waals surface area contributed by atoms with Crippen LogP contribution in [0.1, 0.15) is 42.5 Å². The van der Waals surface area contributed by atoms with E-state index in [2.05, 4.69) is 10.2 Å². The maximum Gasteiger partial charge on any atom is 0.254 e. The van der Waals surface area contributed by atoms with Gasteiger partial charge >= 0.3 is 0 Å². The maximum absolute atomic E-state index is 13.4. The number of hydrogen-bond donors (Lipinski definition) is 1. The van der Waals surface area contributed by atoms with Crippen LogP contribution in [0.2, 0.25) is 0 Å². The first kappa shape index (κ1) is 20.8. The van der Waals surface area contributed by atoms with Crippen LogP contribution < -0.4 is 5.32 Å². The number of piperazine rings is 2. The lowest BCUT2D eigenvalue weighted by Crippen LogP contribution is -2.60. The Morgan fingerprint density at radius 3 is 2.43 bits per heavy atom. The second-order valence-electron chi connectivity index (χ2n) is 8.37. The zero-order valence-corrected chi connectivity index (χ0v) is 17.2. The minimum atomic E-state index is -0.438. The maximum atomic E-state index is 13.4. The predicted molar refractivity (Wildman–Crippen MR) is 109 cm³/mol. The molecule has 30 heavy (non-hydrogen) atoms. The molecule has 0 bridgehead atoms. The van der Waals surface area contributed by atoms with Gasteiger partial charge in [0, 0.05) is 50.9 Å². The van der Waals surface area contributed by atoms with Crippen LogP contribution in [0.25, 0.3) is 0 Å². The van der Waals surface area contributed by atoms with Gasteiger partial charge in [0.1, 0.15) is 5.82 Å². The van der Waals surface area contributed by atoms with Gasteiger partial charge in [-0.1, -0.05) is 18.9 Å². The minimum absolute atomic E-state index is 0.0436. The van der Waals surface area contributed by atoms with Crippen molar-refractivity contribution in [2.75, 3.05) is 39.3 Å². The topological polar surface area (TPSA) is 73.0 Å². The number of benzene rings is 1. The highest BCUT2D eigenvalue weighted by atomic mass is 19.1. The fourth-order valence-electron chi connectivity index (χ4n) is 4.87. The number of carbonyl (C=O) groups excluding carboxylic acids is 3. The molecule has 1 N–H and O–H groups in total. The molecule has 1 atom stereocenters. The number of halogens is 1. The summed E-state index contributed by atoms with van der Waals surface area (Å²) in [6, 6.07) is 5.66. The van der Waals surface area contributed by atoms with Gasteiger partial charge in [0.25, 0.3) is 5.91 Å². The molecular weight excluding hydrogens is 387 g/mol. The quantitative estimate of drug-likeness (QED) is 0.802. The molecule has 0 spiro atoms. The van der Waals surface area contributed by atoms with Crippen LogP contribution in [0.3, 0.4) is 0 Å². The first-order valence-electron chi connectivity index (χ1n) is 10.9. The van der Waals surface area contributed by atoms with Gasteiger partial charge in [-0.2, -0.15) is 0 Å². The van der Waals surface area contributed by atoms with E-state index in [0.29, 0.717) is 44.3 Å². The summed E-state index contributed by atoms with van der Waals surface area (Å²) >= 11 is 0. The first-order valence-corrected chi connectivity index (χ1v) is 10.9. The van der Waals surface area contributed by atoms with E-state index in [9.17, 15) is 18.8 Å². The Morgan fingerprint density at radius 2 is 1.73 bits per heavy atom. The number of nitrogens with zero attached hydrogens (tertiary/aromatic N) is 3. The first-order chi connectivity index (χ1) is 14.5. The van der Waals surface area contributed by atoms with Gasteiger partial charge < -0.3 is 15.1 Å². The molecule has 1 unspecified atom stereocenters. The van der Waals surface area contributed by atoms with Gasteiger partial charge in [-0.15, -0.1) is 0 Å². The van der Waals surface area contributed by atoms with Gasteiger partial charge in [-0.3, -0.25) is 19.3 Å². The van der Waals surface area contributed by atoms with Crippen molar-refractivity contribution < 1.29 is 18.8 Å². The summed E-state index contributed by atoms with van der Waals surface area (Å²) in [6.07, 6.45) is 4.74. The van der Waals surface area contributed by atoms with E-state index >= 15 is 0 Å². The molecule has 3 amide bonds. The van der Waals surface area contributed by atoms with Gasteiger partial charge in [0.05, 0.1) is 12.5 Å². The summed E-state index contributed by atoms with van der Waals surface area (Å²) in [5, 5.41) is 2.90. The number of nitrogens with one attached hydrogen (secondary N) is 1. The third-order valence-electron chi connectivity index (χ3n) is 6.53. The second-order valence-corrected chi connectivity index (χ2v) is 8.37. The molecule has 1 aromatic carbocycles. The van der Waals surface area contributed by atoms with E-state index in [0.717, 1.165) is 19.4 Å². The van der Waals surface area contributed by atoms with E-state index in [4.69, 9.17) is 0 Å². The third-order valence-corrected chi connectivity index (χ3v) is 6.53. The van der Waals surface area contributed by atoms with Crippen LogP contribution in [0.15, 0.2) is 24.3 Å². The molecule has 3 aliphatic rings. The molecule has 0 radical (unpaired) electrons. The lowest BCUT2D eigenvalue weighted by atomic mass is 10.0. The minimum Gasteiger partial charge on any atom is -0.353 e. The standard InChI is InChI=1S/C22H29FN4O3/c23-17-5-3-4-16(14-17)22(30)26-12-10-25(11-13-26)20(28)15-19-21(29)24-8-9-27(19)18-6-1-2-7-18/h3-5,14,18-19H,1-2,6-13,15H2,(H,24,29). The van der Waals surface area contributed by atoms with Crippen LogP contribution >= 0.6 is 0 Å². The average Bonchev–Trinajstić information content (AvgIpc) is 3.29. The lowest BCUT2D eigenvalue weighted by Gasteiger charge is -2.40. The van der Waals surface area contributed by atoms with Gasteiger partial charge in [0.15, 0.2) is 0 Å². The van der Waals surface area contributed by atoms with Crippen molar-refractivity contribution in [3.05, 3.63) is 35.6 Å². The van der Waals surface area contributed by atoms with Crippen molar-refractivity contribution in [2.24, 2.45) is 0 Å². The lowest BCUT2D eigenvalue weighted by molar-refractivity contribution is -0.140. The molecule has 2 saturated heterocycles. The Kier molecular flexibility index (Phi) is 6.32. The van der Waals surface area contributed by atoms with E-state index in [-0.39, 0.29) is 24.1 Å². The van der Waals surface area contributed by atoms with Gasteiger partial charge in [-0.05, 0) is 31.0 Å². The highest BCUT2D eigenvalue weighted by Gasteiger charge is 2.38. The summed E-state index contributed by atoms with van der Waals surface area (Å²) in [6.45, 7) is 3.11. The molecule has 1 saturated carbocycles. The molecule has 4 rings (SSSR count). The van der Waals surface area contributed by atoms with Crippen molar-refractivity contribution in [2.45, 2.75) is 44.2 Å². The Labute approximate surface area is 176 Å². The summed E-state index contributed by atoms with van der Waals surface area (Å²) in [4.78, 5) is 43.6. The zero-order valence-electron chi connectivity index (χ0n) is 17.2. The largest absolute Gasteiger partial charge is 0.353 e. The highest BCUT2D eigenvalue weighted by molar-refractivity contribution is 5.94. The molecule has 2 aliphatic heterocycles. The van der Waals surface area contributed by atoms with Crippen LogP contribution in [0.5, 0.6) is 0 Å². The van der Waals surface area contributed by atoms with Gasteiger partial charge in [0.2, 0.25) is 11.8 Å². The SMILES string of the molecule is O=C1NCCN(C2CCCC2)C1CC(=O)N1CCN(C(=O)c2cccc(F)c2)CC1. The molecular formula is C22H29FN4O3. The van der Waals surface area contributed by atoms with Crippen LogP contribution in [-0.4, -0.2) is 83.8 Å². The Bertz CT molecular complexity index is 803. The normalized spacial score (nSPS) is 23.5. The number of amides is 3. The molecule has 3 fully saturated rings. The molecule has 8 heteroatoms. The molecule has 1 aromatic rings. The van der Waals surface area contributed by atoms with Gasteiger partial charge in [-0.25, -0.2) is 4.39 Å². The fraction of sp³-hybridized carbons (Fsp3) is 0.591. The summed E-state index contributed by atoms with van der Waals surface area (Å²) in [7, 11) is 0. The summed E-state index contributed by atoms with van der Waals surface area (Å²) < 4.78 is 13.4. The molecule has 2 heterocycles. The monoisotopic (exact) mass is 416 g/mol. The van der Waals surface area contributed by atoms with Crippen molar-refractivity contribution >= 4 is 17.7 Å². The number of hydrogen-bond acceptors (Lipinski definition) is 4. The van der Waals surface area contributed by atoms with E-state index < -0.39 is 11.9 Å². The fourth-order valence-corrected chi connectivity index (χ4v) is 4.87. The summed E-state index contributed by atoms with van der Waals surface area (Å²) in [5.74, 6) is -0.757. The Balaban J connectivity index is 1.33. The Morgan fingerprint density at radius 1 is 1.03 bits per heavy atom. The van der Waals surface area contributed by atoms with Crippen molar-refractivity contribution in [1.82, 2.24) is 20.0 Å². The smallest absolute Gasteiger partial charge is 0.254 e. The zero-order chi connectivity index (χ0) is 21.1. The molecule has 7 nitrogen and oxygen atoms in total. The van der Waals surface area contributed by atoms with Crippen LogP contribution in [-0.2, 0) is 9.59 Å². The van der Waals surface area contributed by atoms with Crippen molar-refractivity contribution in [3.8, 4) is 0 Å². The molecule has 1 aliphatic carbocycles. The summed E-state index contributed by atoms with van der Waals surface area (Å²) in [5.41, 5.74) is 0.320. The highest BCUT2D eigenvalue weighted by Crippen LogP contribution is 2.27. The van der Waals surface area contributed by atoms with Crippen LogP contribution in [0, 0.1) is 5.82 Å². The van der Waals surface area contributed by atoms with Crippen LogP contribution in [0.4, 0.5) is 4.39 Å². The van der Waals surface area contributed by atoms with E-state index in [1.54, 1.807) is 15.9 Å². The molecule has 162 valence electrons. The molecule has 0 aromatic heterocycles. The number of carbonyl (C=O) groups is 3.